The molecule has 2 atom stereocenters. The third kappa shape index (κ3) is 2.73. The van der Waals surface area contributed by atoms with Crippen LogP contribution in [0.25, 0.3) is 10.9 Å². The number of aromatic amines is 1. The molecule has 1 aromatic heterocycles. The Morgan fingerprint density at radius 3 is 2.50 bits per heavy atom. The van der Waals surface area contributed by atoms with E-state index in [1.165, 1.54) is 0 Å². The lowest BCUT2D eigenvalue weighted by Crippen LogP contribution is -2.37. The van der Waals surface area contributed by atoms with Gasteiger partial charge >= 0.3 is 5.97 Å². The molecule has 3 rings (SSSR count). The van der Waals surface area contributed by atoms with Crippen LogP contribution in [0.2, 0.25) is 0 Å². The SMILES string of the molecule is N[C@@H](C(=O)O)[C@H](Cc1ccccc1)c1c[nH]c2ccccc12. The van der Waals surface area contributed by atoms with Crippen molar-refractivity contribution >= 4 is 16.9 Å². The standard InChI is InChI=1S/C18H18N2O2/c19-17(18(21)22)14(10-12-6-2-1-3-7-12)15-11-20-16-9-5-4-8-13(15)16/h1-9,11,14,17,20H,10,19H2,(H,21,22)/t14-,17-/m1/s1. The highest BCUT2D eigenvalue weighted by molar-refractivity contribution is 5.85. The molecule has 3 aromatic rings. The second-order valence-corrected chi connectivity index (χ2v) is 5.45. The molecule has 0 bridgehead atoms. The summed E-state index contributed by atoms with van der Waals surface area (Å²) in [6, 6.07) is 16.8. The second-order valence-electron chi connectivity index (χ2n) is 5.45. The molecule has 0 saturated heterocycles. The Labute approximate surface area is 128 Å². The maximum atomic E-state index is 11.4. The van der Waals surface area contributed by atoms with Gasteiger partial charge in [-0.1, -0.05) is 48.5 Å². The first-order valence-electron chi connectivity index (χ1n) is 7.25. The predicted molar refractivity (Wildman–Crippen MR) is 86.8 cm³/mol. The smallest absolute Gasteiger partial charge is 0.321 e. The molecule has 0 unspecified atom stereocenters. The van der Waals surface area contributed by atoms with Crippen LogP contribution < -0.4 is 5.73 Å². The van der Waals surface area contributed by atoms with Crippen LogP contribution in [-0.2, 0) is 11.2 Å². The number of hydrogen-bond donors (Lipinski definition) is 3. The van der Waals surface area contributed by atoms with Crippen molar-refractivity contribution in [3.63, 3.8) is 0 Å². The predicted octanol–water partition coefficient (Wildman–Crippen LogP) is 2.91. The molecule has 4 N–H and O–H groups in total. The molecule has 4 nitrogen and oxygen atoms in total. The summed E-state index contributed by atoms with van der Waals surface area (Å²) in [6.07, 6.45) is 2.47. The van der Waals surface area contributed by atoms with Crippen LogP contribution in [0.5, 0.6) is 0 Å². The van der Waals surface area contributed by atoms with Crippen LogP contribution in [0.3, 0.4) is 0 Å². The Morgan fingerprint density at radius 2 is 1.77 bits per heavy atom. The zero-order valence-electron chi connectivity index (χ0n) is 12.1. The largest absolute Gasteiger partial charge is 0.480 e. The van der Waals surface area contributed by atoms with Gasteiger partial charge in [0, 0.05) is 23.0 Å². The normalized spacial score (nSPS) is 13.9. The Hall–Kier alpha value is -2.59. The summed E-state index contributed by atoms with van der Waals surface area (Å²) in [5.74, 6) is -1.26. The zero-order chi connectivity index (χ0) is 15.5. The number of H-pyrrole nitrogens is 1. The fourth-order valence-electron chi connectivity index (χ4n) is 2.87. The average molecular weight is 294 g/mol. The van der Waals surface area contributed by atoms with Gasteiger partial charge in [0.1, 0.15) is 6.04 Å². The lowest BCUT2D eigenvalue weighted by Gasteiger charge is -2.21. The first-order valence-corrected chi connectivity index (χ1v) is 7.25. The van der Waals surface area contributed by atoms with E-state index in [9.17, 15) is 9.90 Å². The molecule has 0 radical (unpaired) electrons. The van der Waals surface area contributed by atoms with Crippen LogP contribution >= 0.6 is 0 Å². The van der Waals surface area contributed by atoms with E-state index in [-0.39, 0.29) is 5.92 Å². The monoisotopic (exact) mass is 294 g/mol. The van der Waals surface area contributed by atoms with Crippen molar-refractivity contribution < 1.29 is 9.90 Å². The number of aromatic nitrogens is 1. The minimum atomic E-state index is -0.980. The number of nitrogens with one attached hydrogen (secondary N) is 1. The van der Waals surface area contributed by atoms with Gasteiger partial charge in [0.05, 0.1) is 0 Å². The number of hydrogen-bond acceptors (Lipinski definition) is 2. The first-order chi connectivity index (χ1) is 10.7. The molecule has 0 spiro atoms. The second kappa shape index (κ2) is 6.03. The van der Waals surface area contributed by atoms with Crippen LogP contribution in [-0.4, -0.2) is 22.1 Å². The summed E-state index contributed by atoms with van der Waals surface area (Å²) in [4.78, 5) is 14.6. The van der Waals surface area contributed by atoms with E-state index in [0.717, 1.165) is 22.0 Å². The number of rotatable bonds is 5. The minimum Gasteiger partial charge on any atom is -0.480 e. The van der Waals surface area contributed by atoms with Gasteiger partial charge in [0.2, 0.25) is 0 Å². The van der Waals surface area contributed by atoms with E-state index < -0.39 is 12.0 Å². The maximum Gasteiger partial charge on any atom is 0.321 e. The van der Waals surface area contributed by atoms with Crippen molar-refractivity contribution in [2.75, 3.05) is 0 Å². The van der Waals surface area contributed by atoms with E-state index in [4.69, 9.17) is 5.73 Å². The summed E-state index contributed by atoms with van der Waals surface area (Å²) >= 11 is 0. The van der Waals surface area contributed by atoms with Gasteiger partial charge in [-0.05, 0) is 23.6 Å². The van der Waals surface area contributed by atoms with Gasteiger partial charge in [-0.2, -0.15) is 0 Å². The van der Waals surface area contributed by atoms with Crippen LogP contribution in [0.1, 0.15) is 17.0 Å². The third-order valence-electron chi connectivity index (χ3n) is 4.04. The zero-order valence-corrected chi connectivity index (χ0v) is 12.1. The Balaban J connectivity index is 2.03. The van der Waals surface area contributed by atoms with Crippen molar-refractivity contribution in [1.82, 2.24) is 4.98 Å². The molecule has 112 valence electrons. The fraction of sp³-hybridized carbons (Fsp3) is 0.167. The van der Waals surface area contributed by atoms with E-state index in [0.29, 0.717) is 6.42 Å². The molecule has 0 aliphatic carbocycles. The van der Waals surface area contributed by atoms with E-state index in [2.05, 4.69) is 4.98 Å². The highest BCUT2D eigenvalue weighted by Gasteiger charge is 2.28. The lowest BCUT2D eigenvalue weighted by molar-refractivity contribution is -0.139. The molecule has 22 heavy (non-hydrogen) atoms. The number of nitrogens with two attached hydrogens (primary N) is 1. The van der Waals surface area contributed by atoms with Gasteiger partial charge < -0.3 is 15.8 Å². The molecular weight excluding hydrogens is 276 g/mol. The number of fused-ring (bicyclic) bond motifs is 1. The van der Waals surface area contributed by atoms with Crippen molar-refractivity contribution in [1.29, 1.82) is 0 Å². The molecular formula is C18H18N2O2. The van der Waals surface area contributed by atoms with Gasteiger partial charge in [-0.15, -0.1) is 0 Å². The molecule has 0 saturated carbocycles. The first kappa shape index (κ1) is 14.4. The fourth-order valence-corrected chi connectivity index (χ4v) is 2.87. The summed E-state index contributed by atoms with van der Waals surface area (Å²) < 4.78 is 0. The Bertz CT molecular complexity index is 780. The van der Waals surface area contributed by atoms with Crippen molar-refractivity contribution in [2.24, 2.45) is 5.73 Å². The van der Waals surface area contributed by atoms with E-state index in [1.54, 1.807) is 0 Å². The number of para-hydroxylation sites is 1. The molecule has 2 aromatic carbocycles. The molecule has 0 aliphatic rings. The highest BCUT2D eigenvalue weighted by Crippen LogP contribution is 2.30. The quantitative estimate of drug-likeness (QED) is 0.677. The number of aliphatic carboxylic acids is 1. The summed E-state index contributed by atoms with van der Waals surface area (Å²) in [5, 5.41) is 10.4. The minimum absolute atomic E-state index is 0.281. The van der Waals surface area contributed by atoms with E-state index >= 15 is 0 Å². The topological polar surface area (TPSA) is 79.1 Å². The van der Waals surface area contributed by atoms with Crippen LogP contribution in [0.15, 0.2) is 60.8 Å². The number of carboxylic acid groups (broad SMARTS) is 1. The summed E-state index contributed by atoms with van der Waals surface area (Å²) in [7, 11) is 0. The maximum absolute atomic E-state index is 11.4. The Morgan fingerprint density at radius 1 is 1.09 bits per heavy atom. The molecule has 0 fully saturated rings. The van der Waals surface area contributed by atoms with Crippen molar-refractivity contribution in [2.45, 2.75) is 18.4 Å². The van der Waals surface area contributed by atoms with Gasteiger partial charge in [-0.25, -0.2) is 0 Å². The number of benzene rings is 2. The molecule has 4 heteroatoms. The molecule has 0 amide bonds. The summed E-state index contributed by atoms with van der Waals surface area (Å²) in [6.45, 7) is 0. The highest BCUT2D eigenvalue weighted by atomic mass is 16.4. The Kier molecular flexibility index (Phi) is 3.94. The van der Waals surface area contributed by atoms with Crippen LogP contribution in [0, 0.1) is 0 Å². The average Bonchev–Trinajstić information content (AvgIpc) is 2.97. The van der Waals surface area contributed by atoms with Gasteiger partial charge in [-0.3, -0.25) is 4.79 Å². The number of carboxylic acids is 1. The van der Waals surface area contributed by atoms with Crippen LogP contribution in [0.4, 0.5) is 0 Å². The van der Waals surface area contributed by atoms with Crippen molar-refractivity contribution in [3.05, 3.63) is 71.9 Å². The van der Waals surface area contributed by atoms with Gasteiger partial charge in [0.15, 0.2) is 0 Å². The summed E-state index contributed by atoms with van der Waals surface area (Å²) in [5.41, 5.74) is 9.00. The lowest BCUT2D eigenvalue weighted by atomic mass is 9.86. The molecule has 0 aliphatic heterocycles. The third-order valence-corrected chi connectivity index (χ3v) is 4.04. The van der Waals surface area contributed by atoms with E-state index in [1.807, 2.05) is 60.8 Å². The van der Waals surface area contributed by atoms with Gasteiger partial charge in [0.25, 0.3) is 0 Å². The van der Waals surface area contributed by atoms with Crippen molar-refractivity contribution in [3.8, 4) is 0 Å². The number of carbonyl (C=O) groups is 1. The molecule has 1 heterocycles.